The minimum Gasteiger partial charge on any atom is -0.369 e. The molecule has 2 rings (SSSR count). The summed E-state index contributed by atoms with van der Waals surface area (Å²) in [7, 11) is 0. The number of hydrogen-bond acceptors (Lipinski definition) is 2. The van der Waals surface area contributed by atoms with Gasteiger partial charge >= 0.3 is 6.18 Å². The van der Waals surface area contributed by atoms with Gasteiger partial charge in [0.05, 0.1) is 16.6 Å². The maximum atomic E-state index is 12.5. The van der Waals surface area contributed by atoms with E-state index in [1.807, 2.05) is 13.8 Å². The van der Waals surface area contributed by atoms with Crippen molar-refractivity contribution in [2.75, 3.05) is 5.73 Å². The van der Waals surface area contributed by atoms with E-state index >= 15 is 0 Å². The Morgan fingerprint density at radius 1 is 1.29 bits per heavy atom. The number of alkyl halides is 3. The van der Waals surface area contributed by atoms with Gasteiger partial charge in [0.15, 0.2) is 0 Å². The zero-order valence-corrected chi connectivity index (χ0v) is 9.42. The van der Waals surface area contributed by atoms with E-state index < -0.39 is 11.7 Å². The first kappa shape index (κ1) is 11.8. The third kappa shape index (κ3) is 1.94. The Bertz CT molecular complexity index is 555. The lowest BCUT2D eigenvalue weighted by Crippen LogP contribution is -2.06. The number of nitrogens with two attached hydrogens (primary N) is 1. The van der Waals surface area contributed by atoms with E-state index in [4.69, 9.17) is 5.73 Å². The van der Waals surface area contributed by atoms with Gasteiger partial charge < -0.3 is 10.3 Å². The monoisotopic (exact) mass is 243 g/mol. The molecule has 0 saturated carbocycles. The first-order chi connectivity index (χ1) is 7.80. The fourth-order valence-corrected chi connectivity index (χ4v) is 1.84. The number of fused-ring (bicyclic) bond motifs is 1. The van der Waals surface area contributed by atoms with Crippen LogP contribution in [0.2, 0.25) is 0 Å². The van der Waals surface area contributed by atoms with Crippen molar-refractivity contribution in [3.8, 4) is 0 Å². The summed E-state index contributed by atoms with van der Waals surface area (Å²) >= 11 is 0. The second-order valence-electron chi connectivity index (χ2n) is 4.14. The highest BCUT2D eigenvalue weighted by atomic mass is 19.4. The second kappa shape index (κ2) is 3.65. The molecule has 0 unspecified atom stereocenters. The van der Waals surface area contributed by atoms with Crippen LogP contribution < -0.4 is 5.73 Å². The summed E-state index contributed by atoms with van der Waals surface area (Å²) in [6, 6.07) is 3.52. The van der Waals surface area contributed by atoms with E-state index in [-0.39, 0.29) is 17.5 Å². The average Bonchev–Trinajstić information content (AvgIpc) is 2.50. The maximum Gasteiger partial charge on any atom is 0.416 e. The third-order valence-electron chi connectivity index (χ3n) is 2.56. The lowest BCUT2D eigenvalue weighted by Gasteiger charge is -2.10. The van der Waals surface area contributed by atoms with Crippen LogP contribution in [0.4, 0.5) is 19.1 Å². The molecule has 2 N–H and O–H groups in total. The molecular formula is C11H12F3N3. The highest BCUT2D eigenvalue weighted by molar-refractivity contribution is 5.79. The van der Waals surface area contributed by atoms with Crippen molar-refractivity contribution >= 4 is 17.0 Å². The van der Waals surface area contributed by atoms with Crippen LogP contribution in [0.5, 0.6) is 0 Å². The quantitative estimate of drug-likeness (QED) is 0.835. The van der Waals surface area contributed by atoms with Crippen LogP contribution in [-0.4, -0.2) is 9.55 Å². The largest absolute Gasteiger partial charge is 0.416 e. The molecule has 0 saturated heterocycles. The predicted molar refractivity (Wildman–Crippen MR) is 59.5 cm³/mol. The summed E-state index contributed by atoms with van der Waals surface area (Å²) in [5.41, 5.74) is 5.86. The minimum atomic E-state index is -4.36. The second-order valence-corrected chi connectivity index (χ2v) is 4.14. The van der Waals surface area contributed by atoms with Crippen LogP contribution in [-0.2, 0) is 6.18 Å². The fraction of sp³-hybridized carbons (Fsp3) is 0.364. The van der Waals surface area contributed by atoms with E-state index in [9.17, 15) is 13.2 Å². The number of nitrogens with zero attached hydrogens (tertiary/aromatic N) is 2. The summed E-state index contributed by atoms with van der Waals surface area (Å²) in [4.78, 5) is 3.95. The zero-order chi connectivity index (χ0) is 12.8. The molecule has 0 radical (unpaired) electrons. The van der Waals surface area contributed by atoms with Crippen LogP contribution in [0.3, 0.4) is 0 Å². The van der Waals surface area contributed by atoms with Crippen LogP contribution in [0.25, 0.3) is 11.0 Å². The highest BCUT2D eigenvalue weighted by Gasteiger charge is 2.31. The number of imidazole rings is 1. The Morgan fingerprint density at radius 2 is 1.94 bits per heavy atom. The van der Waals surface area contributed by atoms with Crippen LogP contribution in [0.1, 0.15) is 25.5 Å². The molecule has 0 aliphatic rings. The number of nitrogen functional groups attached to an aromatic ring is 1. The van der Waals surface area contributed by atoms with Gasteiger partial charge in [0.25, 0.3) is 0 Å². The van der Waals surface area contributed by atoms with Crippen molar-refractivity contribution in [1.82, 2.24) is 9.55 Å². The van der Waals surface area contributed by atoms with E-state index in [0.717, 1.165) is 12.1 Å². The van der Waals surface area contributed by atoms with Crippen molar-refractivity contribution in [2.45, 2.75) is 26.1 Å². The number of aromatic nitrogens is 2. The third-order valence-corrected chi connectivity index (χ3v) is 2.56. The molecule has 1 aromatic heterocycles. The SMILES string of the molecule is CC(C)n1c(N)nc2cc(C(F)(F)F)ccc21. The Morgan fingerprint density at radius 3 is 2.47 bits per heavy atom. The molecule has 2 aromatic rings. The van der Waals surface area contributed by atoms with Crippen molar-refractivity contribution in [1.29, 1.82) is 0 Å². The lowest BCUT2D eigenvalue weighted by molar-refractivity contribution is -0.137. The Labute approximate surface area is 96.0 Å². The molecule has 0 fully saturated rings. The number of anilines is 1. The number of rotatable bonds is 1. The first-order valence-corrected chi connectivity index (χ1v) is 5.15. The molecule has 0 atom stereocenters. The smallest absolute Gasteiger partial charge is 0.369 e. The number of halogens is 3. The molecule has 0 spiro atoms. The molecule has 0 amide bonds. The van der Waals surface area contributed by atoms with Gasteiger partial charge in [-0.25, -0.2) is 4.98 Å². The first-order valence-electron chi connectivity index (χ1n) is 5.15. The summed E-state index contributed by atoms with van der Waals surface area (Å²) in [5, 5.41) is 0. The summed E-state index contributed by atoms with van der Waals surface area (Å²) in [5.74, 6) is 0.231. The Kier molecular flexibility index (Phi) is 2.52. The molecule has 3 nitrogen and oxygen atoms in total. The molecule has 0 aliphatic heterocycles. The van der Waals surface area contributed by atoms with Gasteiger partial charge in [-0.1, -0.05) is 0 Å². The molecule has 17 heavy (non-hydrogen) atoms. The van der Waals surface area contributed by atoms with Crippen molar-refractivity contribution < 1.29 is 13.2 Å². The standard InChI is InChI=1S/C11H12F3N3/c1-6(2)17-9-4-3-7(11(12,13)14)5-8(9)16-10(17)15/h3-6H,1-2H3,(H2,15,16). The Hall–Kier alpha value is -1.72. The molecule has 92 valence electrons. The minimum absolute atomic E-state index is 0.0525. The predicted octanol–water partition coefficient (Wildman–Crippen LogP) is 3.22. The number of benzene rings is 1. The van der Waals surface area contributed by atoms with Crippen molar-refractivity contribution in [2.24, 2.45) is 0 Å². The van der Waals surface area contributed by atoms with Gasteiger partial charge in [-0.05, 0) is 32.0 Å². The average molecular weight is 243 g/mol. The van der Waals surface area contributed by atoms with E-state index in [2.05, 4.69) is 4.98 Å². The summed E-state index contributed by atoms with van der Waals surface area (Å²) < 4.78 is 39.3. The molecular weight excluding hydrogens is 231 g/mol. The molecule has 0 bridgehead atoms. The van der Waals surface area contributed by atoms with Crippen molar-refractivity contribution in [3.05, 3.63) is 23.8 Å². The van der Waals surface area contributed by atoms with Gasteiger partial charge in [0.1, 0.15) is 0 Å². The van der Waals surface area contributed by atoms with Crippen LogP contribution in [0, 0.1) is 0 Å². The number of hydrogen-bond donors (Lipinski definition) is 1. The topological polar surface area (TPSA) is 43.8 Å². The lowest BCUT2D eigenvalue weighted by atomic mass is 10.2. The van der Waals surface area contributed by atoms with Crippen LogP contribution >= 0.6 is 0 Å². The summed E-state index contributed by atoms with van der Waals surface area (Å²) in [6.07, 6.45) is -4.36. The normalized spacial score (nSPS) is 12.6. The van der Waals surface area contributed by atoms with Crippen LogP contribution in [0.15, 0.2) is 18.2 Å². The molecule has 1 heterocycles. The van der Waals surface area contributed by atoms with Crippen molar-refractivity contribution in [3.63, 3.8) is 0 Å². The van der Waals surface area contributed by atoms with Gasteiger partial charge in [-0.3, -0.25) is 0 Å². The molecule has 6 heteroatoms. The summed E-state index contributed by atoms with van der Waals surface area (Å²) in [6.45, 7) is 3.80. The van der Waals surface area contributed by atoms with E-state index in [0.29, 0.717) is 5.52 Å². The maximum absolute atomic E-state index is 12.5. The molecule has 1 aromatic carbocycles. The Balaban J connectivity index is 2.66. The highest BCUT2D eigenvalue weighted by Crippen LogP contribution is 2.32. The van der Waals surface area contributed by atoms with Gasteiger partial charge in [0.2, 0.25) is 5.95 Å². The van der Waals surface area contributed by atoms with E-state index in [1.165, 1.54) is 6.07 Å². The fourth-order valence-electron chi connectivity index (χ4n) is 1.84. The van der Waals surface area contributed by atoms with Gasteiger partial charge in [-0.2, -0.15) is 13.2 Å². The molecule has 0 aliphatic carbocycles. The van der Waals surface area contributed by atoms with E-state index in [1.54, 1.807) is 4.57 Å². The zero-order valence-electron chi connectivity index (χ0n) is 9.42. The van der Waals surface area contributed by atoms with Gasteiger partial charge in [-0.15, -0.1) is 0 Å². The van der Waals surface area contributed by atoms with Gasteiger partial charge in [0, 0.05) is 6.04 Å².